The lowest BCUT2D eigenvalue weighted by Gasteiger charge is -2.12. The van der Waals surface area contributed by atoms with E-state index in [1.54, 1.807) is 36.4 Å². The molecule has 6 aromatic carbocycles. The summed E-state index contributed by atoms with van der Waals surface area (Å²) in [6, 6.07) is 49.2. The van der Waals surface area contributed by atoms with E-state index < -0.39 is 5.97 Å². The number of hydrogen-bond acceptors (Lipinski definition) is 3. The Labute approximate surface area is 300 Å². The van der Waals surface area contributed by atoms with Crippen LogP contribution in [0.25, 0.3) is 33.2 Å². The number of hydrogen-bond donors (Lipinski definition) is 3. The monoisotopic (exact) mass is 682 g/mol. The number of benzene rings is 6. The number of anilines is 2. The van der Waals surface area contributed by atoms with E-state index >= 15 is 0 Å². The Morgan fingerprint density at radius 3 is 1.46 bits per heavy atom. The van der Waals surface area contributed by atoms with E-state index in [9.17, 15) is 19.5 Å². The molecule has 0 atom stereocenters. The van der Waals surface area contributed by atoms with Crippen LogP contribution in [0.15, 0.2) is 170 Å². The van der Waals surface area contributed by atoms with Crippen LogP contribution in [0.5, 0.6) is 0 Å². The number of carbonyl (C=O) groups is 3. The van der Waals surface area contributed by atoms with Crippen LogP contribution in [-0.4, -0.2) is 32.0 Å². The molecule has 0 aliphatic heterocycles. The van der Waals surface area contributed by atoms with Crippen molar-refractivity contribution < 1.29 is 19.5 Å². The summed E-state index contributed by atoms with van der Waals surface area (Å²) >= 11 is 0. The van der Waals surface area contributed by atoms with Gasteiger partial charge in [0.15, 0.2) is 0 Å². The smallest absolute Gasteiger partial charge is 0.337 e. The van der Waals surface area contributed by atoms with Crippen molar-refractivity contribution in [1.29, 1.82) is 0 Å². The minimum absolute atomic E-state index is 0.0412. The molecule has 254 valence electrons. The summed E-state index contributed by atoms with van der Waals surface area (Å²) in [5.74, 6) is -1.55. The Hall–Kier alpha value is -7.19. The van der Waals surface area contributed by atoms with Crippen LogP contribution >= 0.6 is 0 Å². The van der Waals surface area contributed by atoms with Crippen molar-refractivity contribution in [1.82, 2.24) is 9.13 Å². The highest BCUT2D eigenvalue weighted by atomic mass is 16.4. The van der Waals surface area contributed by atoms with Crippen LogP contribution in [0.1, 0.15) is 36.6 Å². The van der Waals surface area contributed by atoms with Gasteiger partial charge in [-0.25, -0.2) is 4.79 Å². The minimum atomic E-state index is -1.10. The molecule has 0 aliphatic rings. The molecular formula is C44H34N4O4. The van der Waals surface area contributed by atoms with Crippen molar-refractivity contribution in [3.8, 4) is 11.4 Å². The lowest BCUT2D eigenvalue weighted by molar-refractivity contribution is 0.0697. The second-order valence-corrected chi connectivity index (χ2v) is 12.2. The zero-order valence-corrected chi connectivity index (χ0v) is 28.2. The Bertz CT molecular complexity index is 2550. The molecular weight excluding hydrogens is 649 g/mol. The van der Waals surface area contributed by atoms with E-state index in [2.05, 4.69) is 45.7 Å². The molecule has 2 aromatic heterocycles. The molecule has 2 amide bonds. The van der Waals surface area contributed by atoms with Crippen LogP contribution in [0.2, 0.25) is 0 Å². The number of nitrogens with zero attached hydrogens (tertiary/aromatic N) is 2. The fourth-order valence-electron chi connectivity index (χ4n) is 6.05. The number of rotatable bonds is 7. The summed E-state index contributed by atoms with van der Waals surface area (Å²) in [6.07, 6.45) is 3.97. The van der Waals surface area contributed by atoms with Crippen LogP contribution in [-0.2, 0) is 0 Å². The fraction of sp³-hybridized carbons (Fsp3) is 0.0227. The number of nitrogens with one attached hydrogen (secondary N) is 2. The second kappa shape index (κ2) is 14.7. The van der Waals surface area contributed by atoms with Gasteiger partial charge in [0.2, 0.25) is 0 Å². The molecule has 8 rings (SSSR count). The zero-order valence-electron chi connectivity index (χ0n) is 28.2. The van der Waals surface area contributed by atoms with Crippen molar-refractivity contribution in [2.45, 2.75) is 6.92 Å². The fourth-order valence-corrected chi connectivity index (χ4v) is 6.05. The van der Waals surface area contributed by atoms with Gasteiger partial charge in [-0.15, -0.1) is 0 Å². The summed E-state index contributed by atoms with van der Waals surface area (Å²) < 4.78 is 4.09. The van der Waals surface area contributed by atoms with Crippen LogP contribution < -0.4 is 10.6 Å². The van der Waals surface area contributed by atoms with Gasteiger partial charge in [0.25, 0.3) is 11.8 Å². The highest BCUT2D eigenvalue weighted by Gasteiger charge is 2.16. The molecule has 0 bridgehead atoms. The Balaban J connectivity index is 0.000000162. The molecule has 8 aromatic rings. The summed E-state index contributed by atoms with van der Waals surface area (Å²) in [5, 5.41) is 17.5. The predicted molar refractivity (Wildman–Crippen MR) is 207 cm³/mol. The average Bonchev–Trinajstić information content (AvgIpc) is 3.82. The number of carboxylic acids is 1. The normalized spacial score (nSPS) is 10.7. The number of fused-ring (bicyclic) bond motifs is 2. The highest BCUT2D eigenvalue weighted by molar-refractivity contribution is 6.08. The first-order chi connectivity index (χ1) is 25.4. The number of aromatic nitrogens is 2. The van der Waals surface area contributed by atoms with Gasteiger partial charge in [0.1, 0.15) is 0 Å². The van der Waals surface area contributed by atoms with Crippen molar-refractivity contribution in [3.63, 3.8) is 0 Å². The minimum Gasteiger partial charge on any atom is -0.478 e. The van der Waals surface area contributed by atoms with Crippen molar-refractivity contribution >= 4 is 51.0 Å². The van der Waals surface area contributed by atoms with E-state index in [1.807, 2.05) is 109 Å². The third-order valence-electron chi connectivity index (χ3n) is 8.78. The van der Waals surface area contributed by atoms with Gasteiger partial charge >= 0.3 is 5.97 Å². The van der Waals surface area contributed by atoms with Crippen LogP contribution in [0.4, 0.5) is 11.4 Å². The quantitative estimate of drug-likeness (QED) is 0.156. The predicted octanol–water partition coefficient (Wildman–Crippen LogP) is 9.77. The van der Waals surface area contributed by atoms with E-state index in [1.165, 1.54) is 11.5 Å². The van der Waals surface area contributed by atoms with E-state index in [4.69, 9.17) is 0 Å². The van der Waals surface area contributed by atoms with Gasteiger partial charge in [0, 0.05) is 40.6 Å². The van der Waals surface area contributed by atoms with E-state index in [0.29, 0.717) is 11.1 Å². The largest absolute Gasteiger partial charge is 0.478 e. The van der Waals surface area contributed by atoms with E-state index in [-0.39, 0.29) is 23.1 Å². The maximum atomic E-state index is 12.5. The molecule has 0 spiro atoms. The standard InChI is InChI=1S/C22H16N2O3.C22H18N2O/c25-21(16-7-2-1-3-8-16)23-19-14-17(10-11-18(19)22(26)27)24-13-12-15-6-4-5-9-20(15)24;1-16-11-12-19(24-14-13-17-7-5-6-10-21(17)24)15-20(16)23-22(25)18-8-3-2-4-9-18/h1-14H,(H,23,25)(H,26,27);2-15H,1H3,(H,23,25). The second-order valence-electron chi connectivity index (χ2n) is 12.2. The van der Waals surface area contributed by atoms with Gasteiger partial charge in [-0.1, -0.05) is 78.9 Å². The first kappa shape index (κ1) is 33.3. The maximum absolute atomic E-state index is 12.5. The highest BCUT2D eigenvalue weighted by Crippen LogP contribution is 2.27. The molecule has 3 N–H and O–H groups in total. The van der Waals surface area contributed by atoms with Gasteiger partial charge in [0.05, 0.1) is 22.3 Å². The molecule has 0 saturated carbocycles. The third kappa shape index (κ3) is 7.08. The molecule has 0 aliphatic carbocycles. The van der Waals surface area contributed by atoms with Crippen molar-refractivity contribution in [2.75, 3.05) is 10.6 Å². The molecule has 2 heterocycles. The molecule has 0 fully saturated rings. The molecule has 8 heteroatoms. The number of carboxylic acid groups (broad SMARTS) is 1. The number of carbonyl (C=O) groups excluding carboxylic acids is 2. The van der Waals surface area contributed by atoms with Crippen molar-refractivity contribution in [2.24, 2.45) is 0 Å². The Kier molecular flexibility index (Phi) is 9.44. The topological polar surface area (TPSA) is 105 Å². The maximum Gasteiger partial charge on any atom is 0.337 e. The summed E-state index contributed by atoms with van der Waals surface area (Å²) in [7, 11) is 0. The SMILES string of the molecule is Cc1ccc(-n2ccc3ccccc32)cc1NC(=O)c1ccccc1.O=C(Nc1cc(-n2ccc3ccccc32)ccc1C(=O)O)c1ccccc1. The number of aromatic carboxylic acids is 1. The average molecular weight is 683 g/mol. The Morgan fingerprint density at radius 1 is 0.500 bits per heavy atom. The third-order valence-corrected chi connectivity index (χ3v) is 8.78. The lowest BCUT2D eigenvalue weighted by atomic mass is 10.1. The van der Waals surface area contributed by atoms with E-state index in [0.717, 1.165) is 39.0 Å². The van der Waals surface area contributed by atoms with Crippen LogP contribution in [0, 0.1) is 6.92 Å². The number of aryl methyl sites for hydroxylation is 1. The zero-order chi connectivity index (χ0) is 36.0. The number of amides is 2. The van der Waals surface area contributed by atoms with Gasteiger partial charge in [-0.2, -0.15) is 0 Å². The molecule has 0 saturated heterocycles. The van der Waals surface area contributed by atoms with Gasteiger partial charge in [-0.3, -0.25) is 9.59 Å². The lowest BCUT2D eigenvalue weighted by Crippen LogP contribution is -2.15. The molecule has 0 unspecified atom stereocenters. The summed E-state index contributed by atoms with van der Waals surface area (Å²) in [6.45, 7) is 2.00. The van der Waals surface area contributed by atoms with Crippen molar-refractivity contribution in [3.05, 3.63) is 192 Å². The molecule has 52 heavy (non-hydrogen) atoms. The van der Waals surface area contributed by atoms with Gasteiger partial charge in [-0.05, 0) is 102 Å². The van der Waals surface area contributed by atoms with Gasteiger partial charge < -0.3 is 24.9 Å². The summed E-state index contributed by atoms with van der Waals surface area (Å²) in [4.78, 5) is 36.5. The van der Waals surface area contributed by atoms with Crippen LogP contribution in [0.3, 0.4) is 0 Å². The molecule has 0 radical (unpaired) electrons. The number of para-hydroxylation sites is 2. The first-order valence-electron chi connectivity index (χ1n) is 16.7. The Morgan fingerprint density at radius 2 is 0.942 bits per heavy atom. The summed E-state index contributed by atoms with van der Waals surface area (Å²) in [5.41, 5.74) is 7.21. The molecule has 8 nitrogen and oxygen atoms in total. The first-order valence-corrected chi connectivity index (χ1v) is 16.7.